The summed E-state index contributed by atoms with van der Waals surface area (Å²) in [5.41, 5.74) is 8.20. The van der Waals surface area contributed by atoms with Gasteiger partial charge in [0.2, 0.25) is 0 Å². The molecule has 1 aliphatic heterocycles. The lowest BCUT2D eigenvalue weighted by atomic mass is 9.97. The van der Waals surface area contributed by atoms with Crippen molar-refractivity contribution >= 4 is 28.1 Å². The van der Waals surface area contributed by atoms with E-state index in [1.165, 1.54) is 17.4 Å². The number of benzene rings is 1. The molecule has 0 aliphatic carbocycles. The summed E-state index contributed by atoms with van der Waals surface area (Å²) in [6.07, 6.45) is 4.20. The number of hydrogen-bond acceptors (Lipinski definition) is 3. The van der Waals surface area contributed by atoms with Gasteiger partial charge in [-0.15, -0.1) is 0 Å². The first-order chi connectivity index (χ1) is 9.74. The molecule has 1 aromatic carbocycles. The molecule has 0 amide bonds. The number of pyridine rings is 1. The van der Waals surface area contributed by atoms with Crippen molar-refractivity contribution in [1.29, 1.82) is 0 Å². The molecular weight excluding hydrogens is 266 g/mol. The van der Waals surface area contributed by atoms with Crippen LogP contribution in [0.4, 0.5) is 0 Å². The van der Waals surface area contributed by atoms with Gasteiger partial charge in [0.05, 0.1) is 10.5 Å². The molecule has 1 atom stereocenters. The number of para-hydroxylation sites is 1. The number of rotatable bonds is 3. The number of piperidine rings is 1. The molecule has 0 spiro atoms. The van der Waals surface area contributed by atoms with Crippen molar-refractivity contribution < 1.29 is 0 Å². The van der Waals surface area contributed by atoms with E-state index >= 15 is 0 Å². The van der Waals surface area contributed by atoms with Crippen molar-refractivity contribution in [2.45, 2.75) is 19.4 Å². The van der Waals surface area contributed by atoms with E-state index in [1.54, 1.807) is 0 Å². The molecule has 0 bridgehead atoms. The fourth-order valence-electron chi connectivity index (χ4n) is 2.97. The largest absolute Gasteiger partial charge is 0.393 e. The Hall–Kier alpha value is -1.52. The first-order valence-electron chi connectivity index (χ1n) is 7.08. The minimum absolute atomic E-state index is 0.367. The normalized spacial score (nSPS) is 20.1. The molecule has 4 heteroatoms. The molecule has 3 nitrogen and oxygen atoms in total. The molecular formula is C16H19N3S. The molecule has 1 saturated heterocycles. The second kappa shape index (κ2) is 5.85. The molecule has 20 heavy (non-hydrogen) atoms. The van der Waals surface area contributed by atoms with Crippen LogP contribution in [0.1, 0.15) is 18.4 Å². The first-order valence-corrected chi connectivity index (χ1v) is 7.49. The predicted molar refractivity (Wildman–Crippen MR) is 86.5 cm³/mol. The third kappa shape index (κ3) is 2.81. The van der Waals surface area contributed by atoms with Gasteiger partial charge in [-0.05, 0) is 37.1 Å². The minimum atomic E-state index is 0.367. The van der Waals surface area contributed by atoms with Gasteiger partial charge in [0.25, 0.3) is 0 Å². The van der Waals surface area contributed by atoms with Crippen LogP contribution in [0.2, 0.25) is 0 Å². The highest BCUT2D eigenvalue weighted by molar-refractivity contribution is 7.80. The van der Waals surface area contributed by atoms with E-state index in [0.29, 0.717) is 10.9 Å². The van der Waals surface area contributed by atoms with E-state index in [2.05, 4.69) is 34.1 Å². The Labute approximate surface area is 124 Å². The van der Waals surface area contributed by atoms with Gasteiger partial charge in [-0.25, -0.2) is 0 Å². The maximum Gasteiger partial charge on any atom is 0.0771 e. The van der Waals surface area contributed by atoms with E-state index < -0.39 is 0 Å². The average molecular weight is 285 g/mol. The zero-order valence-corrected chi connectivity index (χ0v) is 12.3. The molecule has 1 aliphatic rings. The van der Waals surface area contributed by atoms with Crippen molar-refractivity contribution in [2.75, 3.05) is 13.1 Å². The minimum Gasteiger partial charge on any atom is -0.393 e. The highest BCUT2D eigenvalue weighted by atomic mass is 32.1. The van der Waals surface area contributed by atoms with Gasteiger partial charge in [0.15, 0.2) is 0 Å². The summed E-state index contributed by atoms with van der Waals surface area (Å²) >= 11 is 5.15. The van der Waals surface area contributed by atoms with Crippen molar-refractivity contribution in [3.8, 4) is 0 Å². The number of likely N-dealkylation sites (tertiary alicyclic amines) is 1. The van der Waals surface area contributed by atoms with Gasteiger partial charge < -0.3 is 5.73 Å². The molecule has 2 N–H and O–H groups in total. The van der Waals surface area contributed by atoms with Crippen LogP contribution in [-0.4, -0.2) is 28.0 Å². The standard InChI is InChI=1S/C16H19N3S/c17-16(20)13-4-3-9-19(11-13)10-12-7-8-18-15-6-2-1-5-14(12)15/h1-2,5-8,13H,3-4,9-11H2,(H2,17,20). The summed E-state index contributed by atoms with van der Waals surface area (Å²) in [6, 6.07) is 10.4. The second-order valence-corrected chi connectivity index (χ2v) is 5.94. The highest BCUT2D eigenvalue weighted by Gasteiger charge is 2.22. The average Bonchev–Trinajstić information content (AvgIpc) is 2.48. The van der Waals surface area contributed by atoms with E-state index in [4.69, 9.17) is 18.0 Å². The Morgan fingerprint density at radius 3 is 3.05 bits per heavy atom. The lowest BCUT2D eigenvalue weighted by Gasteiger charge is -2.32. The Bertz CT molecular complexity index is 621. The second-order valence-electron chi connectivity index (χ2n) is 5.46. The fraction of sp³-hybridized carbons (Fsp3) is 0.375. The van der Waals surface area contributed by atoms with E-state index in [1.807, 2.05) is 12.3 Å². The van der Waals surface area contributed by atoms with Gasteiger partial charge in [0.1, 0.15) is 0 Å². The van der Waals surface area contributed by atoms with Gasteiger partial charge >= 0.3 is 0 Å². The zero-order valence-electron chi connectivity index (χ0n) is 11.5. The van der Waals surface area contributed by atoms with E-state index in [0.717, 1.165) is 31.6 Å². The monoisotopic (exact) mass is 285 g/mol. The van der Waals surface area contributed by atoms with Crippen molar-refractivity contribution in [2.24, 2.45) is 11.7 Å². The molecule has 0 saturated carbocycles. The first kappa shape index (κ1) is 13.5. The summed E-state index contributed by atoms with van der Waals surface area (Å²) < 4.78 is 0. The van der Waals surface area contributed by atoms with Crippen molar-refractivity contribution in [3.05, 3.63) is 42.1 Å². The number of aromatic nitrogens is 1. The van der Waals surface area contributed by atoms with Crippen molar-refractivity contribution in [1.82, 2.24) is 9.88 Å². The third-order valence-electron chi connectivity index (χ3n) is 4.04. The quantitative estimate of drug-likeness (QED) is 0.881. The fourth-order valence-corrected chi connectivity index (χ4v) is 3.16. The molecule has 1 aromatic heterocycles. The molecule has 0 radical (unpaired) electrons. The molecule has 1 fully saturated rings. The van der Waals surface area contributed by atoms with Gasteiger partial charge in [-0.1, -0.05) is 30.4 Å². The number of nitrogens with zero attached hydrogens (tertiary/aromatic N) is 2. The summed E-state index contributed by atoms with van der Waals surface area (Å²) in [4.78, 5) is 7.53. The Morgan fingerprint density at radius 1 is 1.35 bits per heavy atom. The van der Waals surface area contributed by atoms with Crippen LogP contribution in [0, 0.1) is 5.92 Å². The predicted octanol–water partition coefficient (Wildman–Crippen LogP) is 2.73. The van der Waals surface area contributed by atoms with E-state index in [-0.39, 0.29) is 0 Å². The summed E-state index contributed by atoms with van der Waals surface area (Å²) in [7, 11) is 0. The zero-order chi connectivity index (χ0) is 13.9. The van der Waals surface area contributed by atoms with Crippen LogP contribution in [0.5, 0.6) is 0 Å². The molecule has 1 unspecified atom stereocenters. The van der Waals surface area contributed by atoms with Crippen LogP contribution in [-0.2, 0) is 6.54 Å². The lowest BCUT2D eigenvalue weighted by Crippen LogP contribution is -2.40. The maximum atomic E-state index is 5.81. The maximum absolute atomic E-state index is 5.81. The Kier molecular flexibility index (Phi) is 3.94. The third-order valence-corrected chi connectivity index (χ3v) is 4.37. The number of hydrogen-bond donors (Lipinski definition) is 1. The number of thiocarbonyl (C=S) groups is 1. The molecule has 104 valence electrons. The number of fused-ring (bicyclic) bond motifs is 1. The highest BCUT2D eigenvalue weighted by Crippen LogP contribution is 2.22. The molecule has 2 heterocycles. The van der Waals surface area contributed by atoms with Crippen LogP contribution in [0.3, 0.4) is 0 Å². The smallest absolute Gasteiger partial charge is 0.0771 e. The van der Waals surface area contributed by atoms with Crippen LogP contribution >= 0.6 is 12.2 Å². The van der Waals surface area contributed by atoms with Crippen LogP contribution in [0.15, 0.2) is 36.5 Å². The Morgan fingerprint density at radius 2 is 2.20 bits per heavy atom. The summed E-state index contributed by atoms with van der Waals surface area (Å²) in [6.45, 7) is 3.05. The SMILES string of the molecule is NC(=S)C1CCCN(Cc2ccnc3ccccc23)C1. The lowest BCUT2D eigenvalue weighted by molar-refractivity contribution is 0.198. The van der Waals surface area contributed by atoms with Gasteiger partial charge in [-0.2, -0.15) is 0 Å². The van der Waals surface area contributed by atoms with E-state index in [9.17, 15) is 0 Å². The van der Waals surface area contributed by atoms with Gasteiger partial charge in [0, 0.05) is 30.6 Å². The summed E-state index contributed by atoms with van der Waals surface area (Å²) in [5, 5.41) is 1.24. The molecule has 2 aromatic rings. The van der Waals surface area contributed by atoms with Crippen LogP contribution in [0.25, 0.3) is 10.9 Å². The van der Waals surface area contributed by atoms with Gasteiger partial charge in [-0.3, -0.25) is 9.88 Å². The Balaban J connectivity index is 1.81. The number of nitrogens with two attached hydrogens (primary N) is 1. The topological polar surface area (TPSA) is 42.1 Å². The molecule has 3 rings (SSSR count). The van der Waals surface area contributed by atoms with Crippen molar-refractivity contribution in [3.63, 3.8) is 0 Å². The van der Waals surface area contributed by atoms with Crippen LogP contribution < -0.4 is 5.73 Å². The summed E-state index contributed by atoms with van der Waals surface area (Å²) in [5.74, 6) is 0.367.